The van der Waals surface area contributed by atoms with E-state index in [0.717, 1.165) is 24.4 Å². The van der Waals surface area contributed by atoms with Crippen molar-refractivity contribution in [2.45, 2.75) is 19.4 Å². The molecule has 0 aliphatic heterocycles. The molecule has 1 aromatic rings. The van der Waals surface area contributed by atoms with Gasteiger partial charge in [0.05, 0.1) is 13.2 Å². The van der Waals surface area contributed by atoms with E-state index >= 15 is 0 Å². The van der Waals surface area contributed by atoms with Crippen LogP contribution < -0.4 is 0 Å². The molecule has 2 rings (SSSR count). The molecule has 92 valence electrons. The third kappa shape index (κ3) is 3.79. The Balaban J connectivity index is 1.70. The zero-order chi connectivity index (χ0) is 12.1. The molecule has 0 saturated carbocycles. The quantitative estimate of drug-likeness (QED) is 0.803. The second-order valence-electron chi connectivity index (χ2n) is 4.43. The lowest BCUT2D eigenvalue weighted by atomic mass is 10.1. The molecular formula is C14H18O2S. The van der Waals surface area contributed by atoms with Crippen LogP contribution in [0.3, 0.4) is 0 Å². The van der Waals surface area contributed by atoms with E-state index in [2.05, 4.69) is 18.2 Å². The van der Waals surface area contributed by atoms with Crippen LogP contribution in [0, 0.1) is 5.92 Å². The normalized spacial score (nSPS) is 21.2. The summed E-state index contributed by atoms with van der Waals surface area (Å²) >= 11 is 0. The average molecular weight is 250 g/mol. The molecule has 0 spiro atoms. The van der Waals surface area contributed by atoms with Crippen LogP contribution in [-0.2, 0) is 22.1 Å². The van der Waals surface area contributed by atoms with Crippen molar-refractivity contribution in [3.05, 3.63) is 46.9 Å². The zero-order valence-electron chi connectivity index (χ0n) is 10.1. The van der Waals surface area contributed by atoms with Gasteiger partial charge in [-0.2, -0.15) is 0 Å². The van der Waals surface area contributed by atoms with E-state index in [1.807, 2.05) is 18.2 Å². The van der Waals surface area contributed by atoms with Crippen molar-refractivity contribution in [1.82, 2.24) is 0 Å². The highest BCUT2D eigenvalue weighted by molar-refractivity contribution is 7.88. The molecule has 0 fully saturated rings. The van der Waals surface area contributed by atoms with Crippen molar-refractivity contribution in [3.8, 4) is 0 Å². The largest absolute Gasteiger partial charge is 0.376 e. The Morgan fingerprint density at radius 2 is 2.12 bits per heavy atom. The van der Waals surface area contributed by atoms with Gasteiger partial charge in [-0.05, 0) is 24.3 Å². The molecule has 2 atom stereocenters. The summed E-state index contributed by atoms with van der Waals surface area (Å²) in [6.45, 7) is 1.42. The summed E-state index contributed by atoms with van der Waals surface area (Å²) in [5.41, 5.74) is 1.21. The smallest absolute Gasteiger partial charge is 0.0717 e. The van der Waals surface area contributed by atoms with E-state index in [9.17, 15) is 4.21 Å². The summed E-state index contributed by atoms with van der Waals surface area (Å²) < 4.78 is 17.0. The number of allylic oxidation sites excluding steroid dienone is 2. The topological polar surface area (TPSA) is 26.3 Å². The predicted octanol–water partition coefficient (Wildman–Crippen LogP) is 2.88. The monoisotopic (exact) mass is 250 g/mol. The maximum Gasteiger partial charge on any atom is 0.0717 e. The van der Waals surface area contributed by atoms with E-state index in [1.54, 1.807) is 6.26 Å². The number of rotatable bonds is 5. The van der Waals surface area contributed by atoms with E-state index in [1.165, 1.54) is 5.56 Å². The van der Waals surface area contributed by atoms with Gasteiger partial charge in [-0.1, -0.05) is 36.4 Å². The van der Waals surface area contributed by atoms with Crippen LogP contribution in [0.2, 0.25) is 0 Å². The lowest BCUT2D eigenvalue weighted by Gasteiger charge is -2.10. The molecule has 3 heteroatoms. The molecule has 1 aliphatic carbocycles. The van der Waals surface area contributed by atoms with Crippen molar-refractivity contribution in [1.29, 1.82) is 0 Å². The first-order valence-electron chi connectivity index (χ1n) is 5.90. The molecule has 17 heavy (non-hydrogen) atoms. The fourth-order valence-corrected chi connectivity index (χ4v) is 2.83. The Morgan fingerprint density at radius 1 is 1.35 bits per heavy atom. The highest BCUT2D eigenvalue weighted by Gasteiger charge is 2.19. The van der Waals surface area contributed by atoms with Crippen molar-refractivity contribution in [2.75, 3.05) is 12.9 Å². The van der Waals surface area contributed by atoms with Gasteiger partial charge in [-0.25, -0.2) is 0 Å². The summed E-state index contributed by atoms with van der Waals surface area (Å²) in [6, 6.07) is 10.2. The molecule has 2 nitrogen and oxygen atoms in total. The van der Waals surface area contributed by atoms with Gasteiger partial charge in [-0.3, -0.25) is 4.21 Å². The van der Waals surface area contributed by atoms with E-state index in [-0.39, 0.29) is 0 Å². The molecule has 1 aliphatic rings. The molecular weight excluding hydrogens is 232 g/mol. The van der Waals surface area contributed by atoms with Gasteiger partial charge in [-0.15, -0.1) is 0 Å². The summed E-state index contributed by atoms with van der Waals surface area (Å²) in [4.78, 5) is 1.08. The molecule has 0 N–H and O–H groups in total. The Labute approximate surface area is 105 Å². The third-order valence-corrected chi connectivity index (χ3v) is 4.07. The number of benzene rings is 1. The first-order valence-corrected chi connectivity index (χ1v) is 7.45. The molecule has 0 heterocycles. The van der Waals surface area contributed by atoms with Gasteiger partial charge >= 0.3 is 0 Å². The highest BCUT2D eigenvalue weighted by Crippen LogP contribution is 2.26. The van der Waals surface area contributed by atoms with E-state index < -0.39 is 10.8 Å². The van der Waals surface area contributed by atoms with Crippen molar-refractivity contribution >= 4 is 10.8 Å². The zero-order valence-corrected chi connectivity index (χ0v) is 10.9. The van der Waals surface area contributed by atoms with Gasteiger partial charge in [0.15, 0.2) is 0 Å². The minimum atomic E-state index is -0.798. The fourth-order valence-electron chi connectivity index (χ4n) is 2.03. The summed E-state index contributed by atoms with van der Waals surface area (Å²) in [7, 11) is -0.798. The number of hydrogen-bond donors (Lipinski definition) is 0. The second kappa shape index (κ2) is 6.12. The molecule has 0 bridgehead atoms. The maximum atomic E-state index is 11.3. The average Bonchev–Trinajstić information content (AvgIpc) is 2.79. The van der Waals surface area contributed by atoms with Crippen LogP contribution in [0.15, 0.2) is 41.3 Å². The lowest BCUT2D eigenvalue weighted by Crippen LogP contribution is -2.07. The van der Waals surface area contributed by atoms with Gasteiger partial charge in [0.1, 0.15) is 0 Å². The Kier molecular flexibility index (Phi) is 4.51. The van der Waals surface area contributed by atoms with Gasteiger partial charge in [0, 0.05) is 22.0 Å². The SMILES string of the molecule is CS(=O)C1=CC[C@H](COCc2ccccc2)C1. The van der Waals surface area contributed by atoms with Gasteiger partial charge < -0.3 is 4.74 Å². The molecule has 1 unspecified atom stereocenters. The first kappa shape index (κ1) is 12.5. The van der Waals surface area contributed by atoms with Gasteiger partial charge in [0.25, 0.3) is 0 Å². The van der Waals surface area contributed by atoms with Crippen LogP contribution in [0.5, 0.6) is 0 Å². The number of hydrogen-bond acceptors (Lipinski definition) is 2. The maximum absolute atomic E-state index is 11.3. The van der Waals surface area contributed by atoms with Crippen molar-refractivity contribution in [3.63, 3.8) is 0 Å². The summed E-state index contributed by atoms with van der Waals surface area (Å²) in [5.74, 6) is 0.512. The standard InChI is InChI=1S/C14H18O2S/c1-17(15)14-8-7-13(9-14)11-16-10-12-5-3-2-4-6-12/h2-6,8,13H,7,9-11H2,1H3/t13-,17?/m0/s1. The predicted molar refractivity (Wildman–Crippen MR) is 71.0 cm³/mol. The molecule has 0 saturated heterocycles. The van der Waals surface area contributed by atoms with E-state index in [4.69, 9.17) is 4.74 Å². The Bertz CT molecular complexity index is 411. The Hall–Kier alpha value is -0.930. The molecule has 1 aromatic carbocycles. The fraction of sp³-hybridized carbons (Fsp3) is 0.429. The summed E-state index contributed by atoms with van der Waals surface area (Å²) in [5, 5.41) is 0. The molecule has 0 amide bonds. The van der Waals surface area contributed by atoms with Crippen LogP contribution in [0.1, 0.15) is 18.4 Å². The van der Waals surface area contributed by atoms with Crippen LogP contribution in [0.4, 0.5) is 0 Å². The third-order valence-electron chi connectivity index (χ3n) is 3.00. The molecule has 0 radical (unpaired) electrons. The lowest BCUT2D eigenvalue weighted by molar-refractivity contribution is 0.0904. The Morgan fingerprint density at radius 3 is 2.76 bits per heavy atom. The van der Waals surface area contributed by atoms with Crippen LogP contribution in [-0.4, -0.2) is 17.1 Å². The first-order chi connectivity index (χ1) is 8.25. The summed E-state index contributed by atoms with van der Waals surface area (Å²) in [6.07, 6.45) is 5.79. The van der Waals surface area contributed by atoms with Crippen molar-refractivity contribution < 1.29 is 8.95 Å². The van der Waals surface area contributed by atoms with E-state index in [0.29, 0.717) is 12.5 Å². The van der Waals surface area contributed by atoms with Crippen LogP contribution >= 0.6 is 0 Å². The second-order valence-corrected chi connectivity index (χ2v) is 5.86. The van der Waals surface area contributed by atoms with Crippen LogP contribution in [0.25, 0.3) is 0 Å². The molecule has 0 aromatic heterocycles. The minimum Gasteiger partial charge on any atom is -0.376 e. The highest BCUT2D eigenvalue weighted by atomic mass is 32.2. The van der Waals surface area contributed by atoms with Crippen molar-refractivity contribution in [2.24, 2.45) is 5.92 Å². The van der Waals surface area contributed by atoms with Gasteiger partial charge in [0.2, 0.25) is 0 Å². The minimum absolute atomic E-state index is 0.512. The number of ether oxygens (including phenoxy) is 1.